The van der Waals surface area contributed by atoms with Gasteiger partial charge in [-0.2, -0.15) is 5.26 Å². The second kappa shape index (κ2) is 10.3. The lowest BCUT2D eigenvalue weighted by molar-refractivity contribution is -0.116. The molecule has 0 spiro atoms. The lowest BCUT2D eigenvalue weighted by Gasteiger charge is -2.41. The van der Waals surface area contributed by atoms with Gasteiger partial charge >= 0.3 is 0 Å². The van der Waals surface area contributed by atoms with Crippen LogP contribution in [-0.4, -0.2) is 41.5 Å². The number of hydrogen-bond donors (Lipinski definition) is 4. The molecule has 1 amide bonds. The van der Waals surface area contributed by atoms with E-state index in [1.54, 1.807) is 25.6 Å². The molecule has 0 bridgehead atoms. The third-order valence-electron chi connectivity index (χ3n) is 5.60. The van der Waals surface area contributed by atoms with Gasteiger partial charge in [-0.3, -0.25) is 15.1 Å². The fraction of sp³-hybridized carbons (Fsp3) is 0.364. The fourth-order valence-corrected chi connectivity index (χ4v) is 3.92. The van der Waals surface area contributed by atoms with Gasteiger partial charge in [0.1, 0.15) is 0 Å². The van der Waals surface area contributed by atoms with Crippen LogP contribution in [-0.2, 0) is 10.2 Å². The number of rotatable bonds is 6. The van der Waals surface area contributed by atoms with Crippen molar-refractivity contribution >= 4 is 17.9 Å². The number of imidazole rings is 1. The van der Waals surface area contributed by atoms with Gasteiger partial charge < -0.3 is 15.6 Å². The maximum absolute atomic E-state index is 12.4. The highest BCUT2D eigenvalue weighted by atomic mass is 16.1. The van der Waals surface area contributed by atoms with Crippen LogP contribution < -0.4 is 16.0 Å². The number of nitrogens with one attached hydrogen (secondary N) is 4. The number of nitriles is 1. The number of aromatic amines is 1. The summed E-state index contributed by atoms with van der Waals surface area (Å²) in [6.07, 6.45) is 12.1. The first-order valence-corrected chi connectivity index (χ1v) is 10.0. The summed E-state index contributed by atoms with van der Waals surface area (Å²) >= 11 is 0. The third kappa shape index (κ3) is 5.47. The minimum Gasteiger partial charge on any atom is -0.353 e. The maximum atomic E-state index is 12.4. The van der Waals surface area contributed by atoms with Crippen LogP contribution in [0.25, 0.3) is 6.08 Å². The quantitative estimate of drug-likeness (QED) is 0.193. The smallest absolute Gasteiger partial charge is 0.244 e. The zero-order valence-electron chi connectivity index (χ0n) is 17.1. The molecule has 0 saturated heterocycles. The highest BCUT2D eigenvalue weighted by molar-refractivity contribution is 5.91. The van der Waals surface area contributed by atoms with E-state index in [1.807, 2.05) is 24.4 Å². The Bertz CT molecular complexity index is 905. The molecule has 1 aromatic heterocycles. The van der Waals surface area contributed by atoms with Crippen LogP contribution >= 0.6 is 0 Å². The van der Waals surface area contributed by atoms with E-state index in [1.165, 1.54) is 11.6 Å². The first-order chi connectivity index (χ1) is 14.6. The maximum Gasteiger partial charge on any atom is 0.244 e. The number of carbonyl (C=O) groups excluding carboxylic acids is 1. The van der Waals surface area contributed by atoms with Crippen LogP contribution in [0.5, 0.6) is 0 Å². The molecule has 1 heterocycles. The summed E-state index contributed by atoms with van der Waals surface area (Å²) in [6, 6.07) is 10.6. The molecule has 0 unspecified atom stereocenters. The third-order valence-corrected chi connectivity index (χ3v) is 5.60. The minimum absolute atomic E-state index is 0.122. The van der Waals surface area contributed by atoms with E-state index in [2.05, 4.69) is 43.0 Å². The Labute approximate surface area is 176 Å². The first-order valence-electron chi connectivity index (χ1n) is 10.0. The molecule has 4 N–H and O–H groups in total. The van der Waals surface area contributed by atoms with Gasteiger partial charge in [0.15, 0.2) is 6.19 Å². The number of H-pyrrole nitrogens is 1. The van der Waals surface area contributed by atoms with Gasteiger partial charge in [-0.1, -0.05) is 30.3 Å². The van der Waals surface area contributed by atoms with Gasteiger partial charge in [-0.15, -0.1) is 0 Å². The van der Waals surface area contributed by atoms with Crippen LogP contribution in [0.3, 0.4) is 0 Å². The largest absolute Gasteiger partial charge is 0.353 e. The number of guanidine groups is 1. The summed E-state index contributed by atoms with van der Waals surface area (Å²) in [4.78, 5) is 23.3. The molecule has 8 nitrogen and oxygen atoms in total. The van der Waals surface area contributed by atoms with Crippen molar-refractivity contribution in [1.82, 2.24) is 25.9 Å². The van der Waals surface area contributed by atoms with Crippen molar-refractivity contribution in [1.29, 1.82) is 5.26 Å². The number of benzene rings is 1. The van der Waals surface area contributed by atoms with Crippen LogP contribution in [0.2, 0.25) is 0 Å². The van der Waals surface area contributed by atoms with Gasteiger partial charge in [0.2, 0.25) is 11.9 Å². The Kier molecular flexibility index (Phi) is 7.22. The number of amides is 1. The molecule has 8 heteroatoms. The van der Waals surface area contributed by atoms with Gasteiger partial charge in [0.05, 0.1) is 18.2 Å². The molecule has 0 radical (unpaired) electrons. The minimum atomic E-state index is -0.126. The van der Waals surface area contributed by atoms with Crippen LogP contribution in [0.1, 0.15) is 36.9 Å². The van der Waals surface area contributed by atoms with Crippen molar-refractivity contribution in [2.75, 3.05) is 13.6 Å². The topological polar surface area (TPSA) is 118 Å². The van der Waals surface area contributed by atoms with Gasteiger partial charge in [0, 0.05) is 31.1 Å². The van der Waals surface area contributed by atoms with Gasteiger partial charge in [0.25, 0.3) is 0 Å². The summed E-state index contributed by atoms with van der Waals surface area (Å²) in [7, 11) is 1.65. The second-order valence-electron chi connectivity index (χ2n) is 7.43. The molecule has 1 saturated carbocycles. The van der Waals surface area contributed by atoms with Crippen LogP contribution in [0, 0.1) is 11.5 Å². The average molecular weight is 406 g/mol. The van der Waals surface area contributed by atoms with E-state index in [0.717, 1.165) is 31.4 Å². The predicted molar refractivity (Wildman–Crippen MR) is 116 cm³/mol. The Balaban J connectivity index is 1.65. The zero-order valence-corrected chi connectivity index (χ0v) is 17.1. The molecule has 0 aliphatic heterocycles. The van der Waals surface area contributed by atoms with Crippen molar-refractivity contribution < 1.29 is 4.79 Å². The van der Waals surface area contributed by atoms with Crippen molar-refractivity contribution in [3.8, 4) is 6.19 Å². The predicted octanol–water partition coefficient (Wildman–Crippen LogP) is 2.07. The van der Waals surface area contributed by atoms with E-state index in [4.69, 9.17) is 5.26 Å². The molecule has 1 aliphatic carbocycles. The molecule has 0 atom stereocenters. The van der Waals surface area contributed by atoms with E-state index in [-0.39, 0.29) is 17.4 Å². The SMILES string of the molecule is CN=C(NC#N)NC1CCC(CNC(=O)C=Cc2cnc[nH]2)(c2ccccc2)CC1. The Morgan fingerprint density at radius 1 is 1.37 bits per heavy atom. The highest BCUT2D eigenvalue weighted by Crippen LogP contribution is 2.39. The van der Waals surface area contributed by atoms with Gasteiger partial charge in [-0.05, 0) is 37.3 Å². The summed E-state index contributed by atoms with van der Waals surface area (Å²) in [6.45, 7) is 0.570. The molecule has 1 aliphatic rings. The number of carbonyl (C=O) groups is 1. The fourth-order valence-electron chi connectivity index (χ4n) is 3.92. The molecule has 156 valence electrons. The molecule has 30 heavy (non-hydrogen) atoms. The Morgan fingerprint density at radius 3 is 2.77 bits per heavy atom. The lowest BCUT2D eigenvalue weighted by Crippen LogP contribution is -2.49. The number of nitrogens with zero attached hydrogens (tertiary/aromatic N) is 3. The molecule has 3 rings (SSSR count). The van der Waals surface area contributed by atoms with Crippen molar-refractivity contribution in [3.05, 3.63) is 60.2 Å². The van der Waals surface area contributed by atoms with E-state index < -0.39 is 0 Å². The second-order valence-corrected chi connectivity index (χ2v) is 7.43. The summed E-state index contributed by atoms with van der Waals surface area (Å²) in [5, 5.41) is 17.8. The molecule has 1 fully saturated rings. The zero-order chi connectivity index (χ0) is 21.2. The molecule has 1 aromatic carbocycles. The van der Waals surface area contributed by atoms with Crippen molar-refractivity contribution in [2.24, 2.45) is 4.99 Å². The van der Waals surface area contributed by atoms with Crippen LogP contribution in [0.15, 0.2) is 53.9 Å². The Hall–Kier alpha value is -3.60. The standard InChI is InChI=1S/C22H27N7O/c1-24-21(27-15-23)29-18-9-11-22(12-10-18,17-5-3-2-4-6-17)14-26-20(30)8-7-19-13-25-16-28-19/h2-8,13,16,18H,9-12,14H2,1H3,(H,25,28)(H,26,30)(H2,24,27,29). The number of aliphatic imine (C=N–C) groups is 1. The summed E-state index contributed by atoms with van der Waals surface area (Å²) < 4.78 is 0. The van der Waals surface area contributed by atoms with E-state index in [9.17, 15) is 4.79 Å². The normalized spacial score (nSPS) is 21.7. The highest BCUT2D eigenvalue weighted by Gasteiger charge is 2.37. The van der Waals surface area contributed by atoms with Gasteiger partial charge in [-0.25, -0.2) is 4.98 Å². The molecule has 2 aromatic rings. The first kappa shape index (κ1) is 21.1. The molecular formula is C22H27N7O. The lowest BCUT2D eigenvalue weighted by atomic mass is 9.68. The monoisotopic (exact) mass is 405 g/mol. The van der Waals surface area contributed by atoms with Crippen LogP contribution in [0.4, 0.5) is 0 Å². The van der Waals surface area contributed by atoms with Crippen molar-refractivity contribution in [2.45, 2.75) is 37.1 Å². The number of hydrogen-bond acceptors (Lipinski definition) is 4. The Morgan fingerprint density at radius 2 is 2.13 bits per heavy atom. The average Bonchev–Trinajstić information content (AvgIpc) is 3.31. The summed E-state index contributed by atoms with van der Waals surface area (Å²) in [5.74, 6) is 0.366. The van der Waals surface area contributed by atoms with E-state index in [0.29, 0.717) is 12.5 Å². The number of aromatic nitrogens is 2. The summed E-state index contributed by atoms with van der Waals surface area (Å²) in [5.41, 5.74) is 1.90. The molecular weight excluding hydrogens is 378 g/mol. The van der Waals surface area contributed by atoms with Crippen molar-refractivity contribution in [3.63, 3.8) is 0 Å². The van der Waals surface area contributed by atoms with E-state index >= 15 is 0 Å².